The minimum Gasteiger partial charge on any atom is -0.374 e. The van der Waals surface area contributed by atoms with Crippen LogP contribution in [-0.4, -0.2) is 19.1 Å². The van der Waals surface area contributed by atoms with Crippen LogP contribution in [0, 0.1) is 12.3 Å². The highest BCUT2D eigenvalue weighted by Crippen LogP contribution is 2.23. The third-order valence-electron chi connectivity index (χ3n) is 3.29. The highest BCUT2D eigenvalue weighted by atomic mass is 15.1. The standard InChI is InChI=1S/C18H32N2/c1-14-11-16(20(8)13-17(2,3)4)10-9-15(14)12-19-18(5,6)7/h9-11,19H,12-13H2,1-8H3. The van der Waals surface area contributed by atoms with Crippen molar-refractivity contribution in [2.75, 3.05) is 18.5 Å². The van der Waals surface area contributed by atoms with Crippen LogP contribution in [0.1, 0.15) is 52.7 Å². The van der Waals surface area contributed by atoms with Crippen molar-refractivity contribution in [2.45, 2.75) is 60.5 Å². The normalized spacial score (nSPS) is 12.6. The van der Waals surface area contributed by atoms with E-state index in [0.717, 1.165) is 13.1 Å². The number of benzene rings is 1. The fourth-order valence-electron chi connectivity index (χ4n) is 2.28. The maximum absolute atomic E-state index is 3.55. The van der Waals surface area contributed by atoms with Crippen LogP contribution in [-0.2, 0) is 6.54 Å². The van der Waals surface area contributed by atoms with Gasteiger partial charge in [-0.25, -0.2) is 0 Å². The molecule has 0 amide bonds. The average molecular weight is 276 g/mol. The molecule has 2 heteroatoms. The van der Waals surface area contributed by atoms with Crippen LogP contribution in [0.5, 0.6) is 0 Å². The SMILES string of the molecule is Cc1cc(N(C)CC(C)(C)C)ccc1CNC(C)(C)C. The predicted molar refractivity (Wildman–Crippen MR) is 90.5 cm³/mol. The first kappa shape index (κ1) is 17.0. The lowest BCUT2D eigenvalue weighted by atomic mass is 9.96. The van der Waals surface area contributed by atoms with E-state index < -0.39 is 0 Å². The van der Waals surface area contributed by atoms with E-state index in [1.165, 1.54) is 16.8 Å². The van der Waals surface area contributed by atoms with Crippen molar-refractivity contribution in [1.82, 2.24) is 5.32 Å². The Morgan fingerprint density at radius 3 is 2.10 bits per heavy atom. The lowest BCUT2D eigenvalue weighted by Gasteiger charge is -2.29. The largest absolute Gasteiger partial charge is 0.374 e. The molecular weight excluding hydrogens is 244 g/mol. The molecule has 0 saturated heterocycles. The van der Waals surface area contributed by atoms with Crippen LogP contribution in [0.4, 0.5) is 5.69 Å². The second kappa shape index (κ2) is 6.17. The van der Waals surface area contributed by atoms with Gasteiger partial charge < -0.3 is 10.2 Å². The van der Waals surface area contributed by atoms with Gasteiger partial charge in [0, 0.05) is 31.4 Å². The van der Waals surface area contributed by atoms with E-state index >= 15 is 0 Å². The molecule has 0 aliphatic carbocycles. The lowest BCUT2D eigenvalue weighted by molar-refractivity contribution is 0.418. The summed E-state index contributed by atoms with van der Waals surface area (Å²) in [5, 5.41) is 3.55. The van der Waals surface area contributed by atoms with Gasteiger partial charge in [0.1, 0.15) is 0 Å². The average Bonchev–Trinajstić information content (AvgIpc) is 2.23. The summed E-state index contributed by atoms with van der Waals surface area (Å²) >= 11 is 0. The Morgan fingerprint density at radius 1 is 1.05 bits per heavy atom. The third kappa shape index (κ3) is 5.96. The Morgan fingerprint density at radius 2 is 1.65 bits per heavy atom. The van der Waals surface area contributed by atoms with E-state index in [2.05, 4.69) is 83.9 Å². The zero-order valence-electron chi connectivity index (χ0n) is 14.6. The zero-order chi connectivity index (χ0) is 15.6. The number of aryl methyl sites for hydroxylation is 1. The molecule has 0 fully saturated rings. The topological polar surface area (TPSA) is 15.3 Å². The maximum Gasteiger partial charge on any atom is 0.0366 e. The fraction of sp³-hybridized carbons (Fsp3) is 0.667. The van der Waals surface area contributed by atoms with Crippen molar-refractivity contribution in [1.29, 1.82) is 0 Å². The highest BCUT2D eigenvalue weighted by molar-refractivity contribution is 5.50. The first-order valence-electron chi connectivity index (χ1n) is 7.54. The van der Waals surface area contributed by atoms with E-state index in [1.54, 1.807) is 0 Å². The van der Waals surface area contributed by atoms with Crippen LogP contribution in [0.2, 0.25) is 0 Å². The Bertz CT molecular complexity index is 436. The summed E-state index contributed by atoms with van der Waals surface area (Å²) in [6.45, 7) is 17.6. The summed E-state index contributed by atoms with van der Waals surface area (Å²) in [5.41, 5.74) is 4.52. The van der Waals surface area contributed by atoms with Gasteiger partial charge in [-0.15, -0.1) is 0 Å². The molecule has 0 bridgehead atoms. The van der Waals surface area contributed by atoms with E-state index in [4.69, 9.17) is 0 Å². The summed E-state index contributed by atoms with van der Waals surface area (Å²) in [6, 6.07) is 6.78. The molecule has 1 aromatic rings. The molecule has 0 unspecified atom stereocenters. The summed E-state index contributed by atoms with van der Waals surface area (Å²) in [5.74, 6) is 0. The van der Waals surface area contributed by atoms with Gasteiger partial charge in [0.2, 0.25) is 0 Å². The maximum atomic E-state index is 3.55. The Kier molecular flexibility index (Phi) is 5.26. The van der Waals surface area contributed by atoms with Gasteiger partial charge in [-0.05, 0) is 56.4 Å². The quantitative estimate of drug-likeness (QED) is 0.878. The summed E-state index contributed by atoms with van der Waals surface area (Å²) in [4.78, 5) is 2.34. The molecule has 1 N–H and O–H groups in total. The van der Waals surface area contributed by atoms with Gasteiger partial charge in [0.05, 0.1) is 0 Å². The number of nitrogens with zero attached hydrogens (tertiary/aromatic N) is 1. The van der Waals surface area contributed by atoms with Crippen LogP contribution < -0.4 is 10.2 Å². The molecule has 0 spiro atoms. The predicted octanol–water partition coefficient (Wildman–Crippen LogP) is 4.37. The molecule has 0 heterocycles. The molecule has 114 valence electrons. The van der Waals surface area contributed by atoms with E-state index in [9.17, 15) is 0 Å². The number of hydrogen-bond acceptors (Lipinski definition) is 2. The molecule has 0 aromatic heterocycles. The molecule has 0 radical (unpaired) electrons. The Hall–Kier alpha value is -1.02. The van der Waals surface area contributed by atoms with Crippen molar-refractivity contribution in [3.05, 3.63) is 29.3 Å². The van der Waals surface area contributed by atoms with Gasteiger partial charge in [-0.2, -0.15) is 0 Å². The third-order valence-corrected chi connectivity index (χ3v) is 3.29. The van der Waals surface area contributed by atoms with Crippen molar-refractivity contribution in [3.8, 4) is 0 Å². The molecule has 1 aromatic carbocycles. The van der Waals surface area contributed by atoms with E-state index in [1.807, 2.05) is 0 Å². The molecule has 0 aliphatic rings. The molecule has 20 heavy (non-hydrogen) atoms. The van der Waals surface area contributed by atoms with Crippen LogP contribution in [0.3, 0.4) is 0 Å². The Balaban J connectivity index is 2.77. The number of nitrogens with one attached hydrogen (secondary N) is 1. The van der Waals surface area contributed by atoms with Crippen molar-refractivity contribution < 1.29 is 0 Å². The summed E-state index contributed by atoms with van der Waals surface area (Å²) < 4.78 is 0. The smallest absolute Gasteiger partial charge is 0.0366 e. The fourth-order valence-corrected chi connectivity index (χ4v) is 2.28. The van der Waals surface area contributed by atoms with Gasteiger partial charge in [0.15, 0.2) is 0 Å². The lowest BCUT2D eigenvalue weighted by Crippen LogP contribution is -2.35. The second-order valence-electron chi connectivity index (χ2n) is 8.13. The van der Waals surface area contributed by atoms with Gasteiger partial charge >= 0.3 is 0 Å². The van der Waals surface area contributed by atoms with Gasteiger partial charge in [-0.3, -0.25) is 0 Å². The first-order chi connectivity index (χ1) is 8.98. The monoisotopic (exact) mass is 276 g/mol. The van der Waals surface area contributed by atoms with E-state index in [0.29, 0.717) is 5.41 Å². The molecule has 0 atom stereocenters. The molecular formula is C18H32N2. The number of rotatable bonds is 4. The highest BCUT2D eigenvalue weighted by Gasteiger charge is 2.15. The molecule has 1 rings (SSSR count). The van der Waals surface area contributed by atoms with Crippen LogP contribution >= 0.6 is 0 Å². The minimum atomic E-state index is 0.161. The number of hydrogen-bond donors (Lipinski definition) is 1. The molecule has 0 saturated carbocycles. The molecule has 0 aliphatic heterocycles. The van der Waals surface area contributed by atoms with Gasteiger partial charge in [-0.1, -0.05) is 26.8 Å². The second-order valence-corrected chi connectivity index (χ2v) is 8.13. The van der Waals surface area contributed by atoms with Crippen LogP contribution in [0.25, 0.3) is 0 Å². The molecule has 2 nitrogen and oxygen atoms in total. The number of anilines is 1. The van der Waals surface area contributed by atoms with Crippen molar-refractivity contribution in [3.63, 3.8) is 0 Å². The minimum absolute atomic E-state index is 0.161. The van der Waals surface area contributed by atoms with E-state index in [-0.39, 0.29) is 5.54 Å². The van der Waals surface area contributed by atoms with Crippen LogP contribution in [0.15, 0.2) is 18.2 Å². The first-order valence-corrected chi connectivity index (χ1v) is 7.54. The zero-order valence-corrected chi connectivity index (χ0v) is 14.6. The van der Waals surface area contributed by atoms with Crippen molar-refractivity contribution >= 4 is 5.69 Å². The Labute approximate surface area is 125 Å². The van der Waals surface area contributed by atoms with Gasteiger partial charge in [0.25, 0.3) is 0 Å². The summed E-state index contributed by atoms with van der Waals surface area (Å²) in [7, 11) is 2.17. The summed E-state index contributed by atoms with van der Waals surface area (Å²) in [6.07, 6.45) is 0. The van der Waals surface area contributed by atoms with Crippen molar-refractivity contribution in [2.24, 2.45) is 5.41 Å².